The molecule has 3 aromatic rings. The summed E-state index contributed by atoms with van der Waals surface area (Å²) in [6, 6.07) is 11.1. The Kier molecular flexibility index (Phi) is 5.34. The fourth-order valence-electron chi connectivity index (χ4n) is 2.74. The molecule has 1 aliphatic heterocycles. The van der Waals surface area contributed by atoms with Gasteiger partial charge in [-0.15, -0.1) is 0 Å². The van der Waals surface area contributed by atoms with Crippen LogP contribution in [0.2, 0.25) is 5.02 Å². The highest BCUT2D eigenvalue weighted by atomic mass is 35.5. The summed E-state index contributed by atoms with van der Waals surface area (Å²) in [6.45, 7) is 0.186. The van der Waals surface area contributed by atoms with Gasteiger partial charge in [-0.3, -0.25) is 0 Å². The van der Waals surface area contributed by atoms with Crippen molar-refractivity contribution in [1.29, 1.82) is 0 Å². The molecule has 0 saturated heterocycles. The Morgan fingerprint density at radius 3 is 2.86 bits per heavy atom. The molecule has 0 saturated carbocycles. The van der Waals surface area contributed by atoms with Crippen molar-refractivity contribution in [2.24, 2.45) is 0 Å². The van der Waals surface area contributed by atoms with Crippen molar-refractivity contribution in [2.75, 3.05) is 25.3 Å². The maximum Gasteiger partial charge on any atom is 0.319 e. The van der Waals surface area contributed by atoms with Gasteiger partial charge in [-0.2, -0.15) is 9.97 Å². The number of rotatable bonds is 7. The molecule has 2 aromatic carbocycles. The van der Waals surface area contributed by atoms with Crippen LogP contribution < -0.4 is 19.5 Å². The molecule has 8 nitrogen and oxygen atoms in total. The topological polar surface area (TPSA) is 106 Å². The van der Waals surface area contributed by atoms with E-state index >= 15 is 0 Å². The number of benzene rings is 2. The van der Waals surface area contributed by atoms with Gasteiger partial charge >= 0.3 is 6.01 Å². The van der Waals surface area contributed by atoms with Gasteiger partial charge in [-0.1, -0.05) is 17.7 Å². The van der Waals surface area contributed by atoms with Crippen molar-refractivity contribution in [1.82, 2.24) is 9.97 Å². The maximum atomic E-state index is 9.48. The fourth-order valence-corrected chi connectivity index (χ4v) is 2.91. The average molecular weight is 404 g/mol. The number of halogens is 1. The van der Waals surface area contributed by atoms with E-state index in [9.17, 15) is 5.11 Å². The zero-order valence-corrected chi connectivity index (χ0v) is 15.5. The molecule has 0 amide bonds. The summed E-state index contributed by atoms with van der Waals surface area (Å²) < 4.78 is 16.1. The Morgan fingerprint density at radius 1 is 1.14 bits per heavy atom. The Labute approximate surface area is 165 Å². The van der Waals surface area contributed by atoms with E-state index in [1.807, 2.05) is 18.2 Å². The number of fused-ring (bicyclic) bond motifs is 2. The van der Waals surface area contributed by atoms with Crippen LogP contribution >= 0.6 is 11.6 Å². The van der Waals surface area contributed by atoms with Crippen molar-refractivity contribution in [3.63, 3.8) is 0 Å². The standard InChI is InChI=1S/C19H18ClN3O5/c20-12-2-3-15-14(6-12)18(23-19(22-15)26-9-13(25)8-24)21-7-11-1-4-16-17(5-11)28-10-27-16/h1-6,13,24-25H,7-10H2,(H,21,22,23). The predicted octanol–water partition coefficient (Wildman–Crippen LogP) is 2.36. The third-order valence-electron chi connectivity index (χ3n) is 4.15. The summed E-state index contributed by atoms with van der Waals surface area (Å²) in [4.78, 5) is 8.71. The van der Waals surface area contributed by atoms with Crippen LogP contribution in [0.3, 0.4) is 0 Å². The summed E-state index contributed by atoms with van der Waals surface area (Å²) >= 11 is 6.13. The number of nitrogens with zero attached hydrogens (tertiary/aromatic N) is 2. The molecule has 4 rings (SSSR count). The minimum absolute atomic E-state index is 0.0931. The Morgan fingerprint density at radius 2 is 2.00 bits per heavy atom. The van der Waals surface area contributed by atoms with Gasteiger partial charge in [0.05, 0.1) is 12.1 Å². The molecule has 3 N–H and O–H groups in total. The van der Waals surface area contributed by atoms with Crippen molar-refractivity contribution in [3.05, 3.63) is 47.0 Å². The van der Waals surface area contributed by atoms with Gasteiger partial charge < -0.3 is 29.7 Å². The highest BCUT2D eigenvalue weighted by molar-refractivity contribution is 6.31. The number of hydrogen-bond acceptors (Lipinski definition) is 8. The summed E-state index contributed by atoms with van der Waals surface area (Å²) in [5.74, 6) is 1.97. The molecule has 2 heterocycles. The van der Waals surface area contributed by atoms with Crippen LogP contribution in [-0.4, -0.2) is 46.3 Å². The lowest BCUT2D eigenvalue weighted by Gasteiger charge is -2.13. The minimum atomic E-state index is -1.01. The van der Waals surface area contributed by atoms with Gasteiger partial charge in [0.15, 0.2) is 11.5 Å². The number of anilines is 1. The zero-order chi connectivity index (χ0) is 19.5. The lowest BCUT2D eigenvalue weighted by molar-refractivity contribution is 0.0506. The molecule has 0 aliphatic carbocycles. The van der Waals surface area contributed by atoms with Crippen LogP contribution in [0.1, 0.15) is 5.56 Å². The largest absolute Gasteiger partial charge is 0.461 e. The Hall–Kier alpha value is -2.81. The quantitative estimate of drug-likeness (QED) is 0.552. The van der Waals surface area contributed by atoms with Crippen molar-refractivity contribution >= 4 is 28.3 Å². The summed E-state index contributed by atoms with van der Waals surface area (Å²) in [7, 11) is 0. The van der Waals surface area contributed by atoms with Crippen LogP contribution in [-0.2, 0) is 6.54 Å². The minimum Gasteiger partial charge on any atom is -0.461 e. The second kappa shape index (κ2) is 8.05. The smallest absolute Gasteiger partial charge is 0.319 e. The predicted molar refractivity (Wildman–Crippen MR) is 103 cm³/mol. The molecule has 28 heavy (non-hydrogen) atoms. The third kappa shape index (κ3) is 4.04. The van der Waals surface area contributed by atoms with E-state index in [1.165, 1.54) is 0 Å². The molecule has 0 fully saturated rings. The molecule has 1 aromatic heterocycles. The van der Waals surface area contributed by atoms with Gasteiger partial charge in [0.2, 0.25) is 6.79 Å². The molecule has 9 heteroatoms. The first-order valence-corrected chi connectivity index (χ1v) is 9.01. The molecule has 1 aliphatic rings. The molecule has 1 atom stereocenters. The summed E-state index contributed by atoms with van der Waals surface area (Å²) in [6.07, 6.45) is -1.01. The molecular weight excluding hydrogens is 386 g/mol. The lowest BCUT2D eigenvalue weighted by atomic mass is 10.2. The van der Waals surface area contributed by atoms with Crippen LogP contribution in [0.5, 0.6) is 17.5 Å². The van der Waals surface area contributed by atoms with E-state index in [-0.39, 0.29) is 19.4 Å². The van der Waals surface area contributed by atoms with Crippen molar-refractivity contribution in [2.45, 2.75) is 12.6 Å². The molecule has 0 spiro atoms. The number of aliphatic hydroxyl groups is 2. The molecule has 1 unspecified atom stereocenters. The third-order valence-corrected chi connectivity index (χ3v) is 4.38. The molecular formula is C19H18ClN3O5. The van der Waals surface area contributed by atoms with E-state index in [4.69, 9.17) is 30.9 Å². The Bertz CT molecular complexity index is 1000. The first-order valence-electron chi connectivity index (χ1n) is 8.64. The first kappa shape index (κ1) is 18.5. The number of hydrogen-bond donors (Lipinski definition) is 3. The average Bonchev–Trinajstić information content (AvgIpc) is 3.18. The van der Waals surface area contributed by atoms with E-state index in [1.54, 1.807) is 18.2 Å². The molecule has 146 valence electrons. The van der Waals surface area contributed by atoms with Crippen LogP contribution in [0, 0.1) is 0 Å². The van der Waals surface area contributed by atoms with E-state index < -0.39 is 12.7 Å². The number of aromatic nitrogens is 2. The Balaban J connectivity index is 1.59. The van der Waals surface area contributed by atoms with Crippen molar-refractivity contribution < 1.29 is 24.4 Å². The monoisotopic (exact) mass is 403 g/mol. The van der Waals surface area contributed by atoms with E-state index in [0.29, 0.717) is 28.7 Å². The number of ether oxygens (including phenoxy) is 3. The summed E-state index contributed by atoms with van der Waals surface area (Å²) in [5, 5.41) is 23.0. The van der Waals surface area contributed by atoms with Crippen LogP contribution in [0.25, 0.3) is 10.9 Å². The second-order valence-corrected chi connectivity index (χ2v) is 6.64. The SMILES string of the molecule is OCC(O)COc1nc(NCc2ccc3c(c2)OCO3)c2cc(Cl)ccc2n1. The van der Waals surface area contributed by atoms with Gasteiger partial charge in [-0.05, 0) is 35.9 Å². The van der Waals surface area contributed by atoms with Crippen LogP contribution in [0.4, 0.5) is 5.82 Å². The molecule has 0 radical (unpaired) electrons. The first-order chi connectivity index (χ1) is 13.6. The highest BCUT2D eigenvalue weighted by Gasteiger charge is 2.14. The van der Waals surface area contributed by atoms with Gasteiger partial charge in [0.1, 0.15) is 18.5 Å². The highest BCUT2D eigenvalue weighted by Crippen LogP contribution is 2.33. The van der Waals surface area contributed by atoms with Gasteiger partial charge in [-0.25, -0.2) is 0 Å². The van der Waals surface area contributed by atoms with E-state index in [2.05, 4.69) is 15.3 Å². The number of nitrogens with one attached hydrogen (secondary N) is 1. The molecule has 0 bridgehead atoms. The maximum absolute atomic E-state index is 9.48. The normalized spacial score (nSPS) is 13.5. The van der Waals surface area contributed by atoms with Crippen LogP contribution in [0.15, 0.2) is 36.4 Å². The van der Waals surface area contributed by atoms with Gasteiger partial charge in [0, 0.05) is 17.0 Å². The fraction of sp³-hybridized carbons (Fsp3) is 0.263. The number of aliphatic hydroxyl groups excluding tert-OH is 2. The summed E-state index contributed by atoms with van der Waals surface area (Å²) in [5.41, 5.74) is 1.62. The lowest BCUT2D eigenvalue weighted by Crippen LogP contribution is -2.22. The zero-order valence-electron chi connectivity index (χ0n) is 14.8. The second-order valence-electron chi connectivity index (χ2n) is 6.20. The van der Waals surface area contributed by atoms with Crippen molar-refractivity contribution in [3.8, 4) is 17.5 Å². The van der Waals surface area contributed by atoms with Gasteiger partial charge in [0.25, 0.3) is 0 Å². The van der Waals surface area contributed by atoms with E-state index in [0.717, 1.165) is 16.7 Å².